The smallest absolute Gasteiger partial charge is 0.244 e. The van der Waals surface area contributed by atoms with Gasteiger partial charge in [0.15, 0.2) is 0 Å². The van der Waals surface area contributed by atoms with Gasteiger partial charge >= 0.3 is 0 Å². The van der Waals surface area contributed by atoms with Gasteiger partial charge in [-0.25, -0.2) is 4.39 Å². The molecule has 5 heteroatoms. The number of hydrogen-bond acceptors (Lipinski definition) is 3. The van der Waals surface area contributed by atoms with Crippen molar-refractivity contribution < 1.29 is 13.9 Å². The molecule has 0 unspecified atom stereocenters. The van der Waals surface area contributed by atoms with E-state index in [0.717, 1.165) is 23.3 Å². The molecule has 0 bridgehead atoms. The van der Waals surface area contributed by atoms with Crippen LogP contribution in [0.1, 0.15) is 23.3 Å². The average Bonchev–Trinajstić information content (AvgIpc) is 3.13. The third-order valence-corrected chi connectivity index (χ3v) is 5.29. The molecule has 1 aliphatic rings. The summed E-state index contributed by atoms with van der Waals surface area (Å²) in [5.41, 5.74) is 0.855. The molecule has 0 spiro atoms. The molecule has 1 N–H and O–H groups in total. The number of carbonyl (C=O) groups excluding carboxylic acids is 1. The average molecular weight is 345 g/mol. The number of thiophene rings is 1. The first-order chi connectivity index (χ1) is 11.7. The first kappa shape index (κ1) is 16.9. The van der Waals surface area contributed by atoms with Crippen LogP contribution in [0.25, 0.3) is 6.08 Å². The number of amides is 1. The van der Waals surface area contributed by atoms with E-state index < -0.39 is 0 Å². The Labute approximate surface area is 145 Å². The molecule has 126 valence electrons. The Bertz CT molecular complexity index is 689. The predicted octanol–water partition coefficient (Wildman–Crippen LogP) is 3.77. The molecule has 24 heavy (non-hydrogen) atoms. The van der Waals surface area contributed by atoms with Crippen LogP contribution in [-0.2, 0) is 14.9 Å². The lowest BCUT2D eigenvalue weighted by atomic mass is 9.74. The molecule has 2 heterocycles. The topological polar surface area (TPSA) is 38.3 Å². The van der Waals surface area contributed by atoms with Gasteiger partial charge in [0.05, 0.1) is 0 Å². The number of rotatable bonds is 5. The van der Waals surface area contributed by atoms with Crippen molar-refractivity contribution in [3.8, 4) is 0 Å². The number of hydrogen-bond donors (Lipinski definition) is 1. The van der Waals surface area contributed by atoms with Crippen LogP contribution in [0.15, 0.2) is 47.9 Å². The second-order valence-electron chi connectivity index (χ2n) is 5.97. The highest BCUT2D eigenvalue weighted by Crippen LogP contribution is 2.34. The highest BCUT2D eigenvalue weighted by atomic mass is 32.1. The lowest BCUT2D eigenvalue weighted by molar-refractivity contribution is -0.116. The van der Waals surface area contributed by atoms with Crippen molar-refractivity contribution in [1.29, 1.82) is 0 Å². The molecule has 1 aromatic carbocycles. The van der Waals surface area contributed by atoms with Crippen LogP contribution in [0.2, 0.25) is 0 Å². The lowest BCUT2D eigenvalue weighted by Crippen LogP contribution is -2.44. The van der Waals surface area contributed by atoms with Gasteiger partial charge < -0.3 is 10.1 Å². The Kier molecular flexibility index (Phi) is 5.43. The summed E-state index contributed by atoms with van der Waals surface area (Å²) in [6, 6.07) is 10.5. The molecule has 1 saturated heterocycles. The quantitative estimate of drug-likeness (QED) is 0.838. The largest absolute Gasteiger partial charge is 0.381 e. The van der Waals surface area contributed by atoms with E-state index in [-0.39, 0.29) is 17.1 Å². The summed E-state index contributed by atoms with van der Waals surface area (Å²) in [4.78, 5) is 13.2. The molecule has 0 aliphatic carbocycles. The molecule has 2 aromatic rings. The fourth-order valence-corrected chi connectivity index (χ4v) is 3.61. The standard InChI is InChI=1S/C19H20FNO2S/c20-16-5-3-15(4-6-16)19(9-11-23-12-10-19)14-21-18(22)8-7-17-2-1-13-24-17/h1-8,13H,9-12,14H2,(H,21,22)/b8-7+. The van der Waals surface area contributed by atoms with E-state index in [4.69, 9.17) is 4.74 Å². The van der Waals surface area contributed by atoms with E-state index >= 15 is 0 Å². The molecule has 0 radical (unpaired) electrons. The van der Waals surface area contributed by atoms with Crippen LogP contribution in [-0.4, -0.2) is 25.7 Å². The monoisotopic (exact) mass is 345 g/mol. The number of nitrogens with one attached hydrogen (secondary N) is 1. The van der Waals surface area contributed by atoms with Crippen molar-refractivity contribution in [2.24, 2.45) is 0 Å². The Morgan fingerprint density at radius 1 is 1.25 bits per heavy atom. The van der Waals surface area contributed by atoms with Gasteiger partial charge in [-0.15, -0.1) is 11.3 Å². The second kappa shape index (κ2) is 7.73. The van der Waals surface area contributed by atoms with Gasteiger partial charge in [0, 0.05) is 36.1 Å². The number of halogens is 1. The highest BCUT2D eigenvalue weighted by molar-refractivity contribution is 7.10. The number of benzene rings is 1. The molecule has 0 saturated carbocycles. The van der Waals surface area contributed by atoms with Gasteiger partial charge in [-0.05, 0) is 48.1 Å². The summed E-state index contributed by atoms with van der Waals surface area (Å²) >= 11 is 1.59. The van der Waals surface area contributed by atoms with Crippen molar-refractivity contribution in [3.05, 3.63) is 64.1 Å². The van der Waals surface area contributed by atoms with Crippen LogP contribution < -0.4 is 5.32 Å². The molecule has 3 nitrogen and oxygen atoms in total. The minimum atomic E-state index is -0.246. The fraction of sp³-hybridized carbons (Fsp3) is 0.316. The van der Waals surface area contributed by atoms with Crippen LogP contribution in [0, 0.1) is 5.82 Å². The second-order valence-corrected chi connectivity index (χ2v) is 6.95. The van der Waals surface area contributed by atoms with Crippen molar-refractivity contribution in [1.82, 2.24) is 5.32 Å². The summed E-state index contributed by atoms with van der Waals surface area (Å²) in [6.45, 7) is 1.83. The van der Waals surface area contributed by atoms with E-state index in [1.807, 2.05) is 35.7 Å². The fourth-order valence-electron chi connectivity index (χ4n) is 2.99. The van der Waals surface area contributed by atoms with Crippen molar-refractivity contribution in [3.63, 3.8) is 0 Å². The maximum atomic E-state index is 13.2. The van der Waals surface area contributed by atoms with Crippen molar-refractivity contribution in [2.75, 3.05) is 19.8 Å². The molecule has 1 amide bonds. The van der Waals surface area contributed by atoms with Crippen molar-refractivity contribution in [2.45, 2.75) is 18.3 Å². The molecule has 1 aromatic heterocycles. The van der Waals surface area contributed by atoms with Crippen LogP contribution in [0.4, 0.5) is 4.39 Å². The first-order valence-electron chi connectivity index (χ1n) is 8.01. The summed E-state index contributed by atoms with van der Waals surface area (Å²) in [6.07, 6.45) is 5.00. The summed E-state index contributed by atoms with van der Waals surface area (Å²) in [5, 5.41) is 4.97. The lowest BCUT2D eigenvalue weighted by Gasteiger charge is -2.37. The zero-order chi connectivity index (χ0) is 16.8. The Hall–Kier alpha value is -1.98. The predicted molar refractivity (Wildman–Crippen MR) is 94.5 cm³/mol. The van der Waals surface area contributed by atoms with E-state index in [2.05, 4.69) is 5.32 Å². The van der Waals surface area contributed by atoms with Gasteiger partial charge in [0.2, 0.25) is 5.91 Å². The zero-order valence-electron chi connectivity index (χ0n) is 13.3. The number of carbonyl (C=O) groups is 1. The maximum Gasteiger partial charge on any atom is 0.244 e. The first-order valence-corrected chi connectivity index (χ1v) is 8.89. The molecule has 3 rings (SSSR count). The molecule has 1 aliphatic heterocycles. The molecule has 0 atom stereocenters. The van der Waals surface area contributed by atoms with E-state index in [0.29, 0.717) is 19.8 Å². The molecule has 1 fully saturated rings. The van der Waals surface area contributed by atoms with Crippen molar-refractivity contribution >= 4 is 23.3 Å². The normalized spacial score (nSPS) is 17.0. The van der Waals surface area contributed by atoms with E-state index in [1.165, 1.54) is 12.1 Å². The van der Waals surface area contributed by atoms with Crippen LogP contribution >= 0.6 is 11.3 Å². The minimum Gasteiger partial charge on any atom is -0.381 e. The zero-order valence-corrected chi connectivity index (χ0v) is 14.2. The Morgan fingerprint density at radius 2 is 2.00 bits per heavy atom. The van der Waals surface area contributed by atoms with Gasteiger partial charge in [0.25, 0.3) is 0 Å². The highest BCUT2D eigenvalue weighted by Gasteiger charge is 2.34. The van der Waals surface area contributed by atoms with E-state index in [9.17, 15) is 9.18 Å². The van der Waals surface area contributed by atoms with Gasteiger partial charge in [-0.2, -0.15) is 0 Å². The third-order valence-electron chi connectivity index (χ3n) is 4.45. The summed E-state index contributed by atoms with van der Waals surface area (Å²) in [7, 11) is 0. The maximum absolute atomic E-state index is 13.2. The molecular formula is C19H20FNO2S. The van der Waals surface area contributed by atoms with Crippen LogP contribution in [0.5, 0.6) is 0 Å². The molecular weight excluding hydrogens is 325 g/mol. The van der Waals surface area contributed by atoms with Crippen LogP contribution in [0.3, 0.4) is 0 Å². The third kappa shape index (κ3) is 4.10. The van der Waals surface area contributed by atoms with Gasteiger partial charge in [-0.3, -0.25) is 4.79 Å². The Morgan fingerprint density at radius 3 is 2.67 bits per heavy atom. The summed E-state index contributed by atoms with van der Waals surface area (Å²) in [5.74, 6) is -0.361. The number of ether oxygens (including phenoxy) is 1. The van der Waals surface area contributed by atoms with Gasteiger partial charge in [0.1, 0.15) is 5.82 Å². The van der Waals surface area contributed by atoms with Gasteiger partial charge in [-0.1, -0.05) is 18.2 Å². The minimum absolute atomic E-state index is 0.114. The van der Waals surface area contributed by atoms with E-state index in [1.54, 1.807) is 17.4 Å². The summed E-state index contributed by atoms with van der Waals surface area (Å²) < 4.78 is 18.7. The Balaban J connectivity index is 1.68. The SMILES string of the molecule is O=C(/C=C/c1cccs1)NCC1(c2ccc(F)cc2)CCOCC1.